The Balaban J connectivity index is 1.61. The highest BCUT2D eigenvalue weighted by Crippen LogP contribution is 2.35. The summed E-state index contributed by atoms with van der Waals surface area (Å²) < 4.78 is 0. The second kappa shape index (κ2) is 9.10. The van der Waals surface area contributed by atoms with Crippen LogP contribution in [-0.4, -0.2) is 25.5 Å². The maximum absolute atomic E-state index is 6.19. The topological polar surface area (TPSA) is 88.8 Å². The van der Waals surface area contributed by atoms with Gasteiger partial charge in [0.15, 0.2) is 0 Å². The number of hydrogen-bond donors (Lipinski definition) is 3. The first kappa shape index (κ1) is 22.6. The van der Waals surface area contributed by atoms with Crippen LogP contribution in [0.5, 0.6) is 0 Å². The fraction of sp³-hybridized carbons (Fsp3) is 0.333. The minimum Gasteiger partial charge on any atom is -0.349 e. The van der Waals surface area contributed by atoms with Gasteiger partial charge in [-0.2, -0.15) is 0 Å². The Morgan fingerprint density at radius 2 is 2.03 bits per heavy atom. The lowest BCUT2D eigenvalue weighted by Gasteiger charge is -2.18. The number of nitrogens with zero attached hydrogens (tertiary/aromatic N) is 3. The Hall–Kier alpha value is -2.61. The number of nitrogens with one attached hydrogen (secondary N) is 2. The third kappa shape index (κ3) is 5.41. The molecule has 0 saturated heterocycles. The average Bonchev–Trinajstić information content (AvgIpc) is 2.84. The summed E-state index contributed by atoms with van der Waals surface area (Å²) in [5, 5.41) is 7.27. The van der Waals surface area contributed by atoms with Gasteiger partial charge >= 0.3 is 0 Å². The van der Waals surface area contributed by atoms with Crippen LogP contribution in [0.25, 0.3) is 11.3 Å². The molecular weight excluding hydrogens is 440 g/mol. The van der Waals surface area contributed by atoms with Gasteiger partial charge < -0.3 is 16.4 Å². The summed E-state index contributed by atoms with van der Waals surface area (Å²) in [5.74, 6) is 0.516. The van der Waals surface area contributed by atoms with Crippen LogP contribution in [-0.2, 0) is 12.8 Å². The van der Waals surface area contributed by atoms with Gasteiger partial charge in [0.25, 0.3) is 0 Å². The van der Waals surface area contributed by atoms with Crippen LogP contribution in [0.2, 0.25) is 5.02 Å². The summed E-state index contributed by atoms with van der Waals surface area (Å²) in [6, 6.07) is 7.80. The van der Waals surface area contributed by atoms with Crippen LogP contribution in [0.15, 0.2) is 36.7 Å². The molecule has 0 amide bonds. The van der Waals surface area contributed by atoms with E-state index in [4.69, 9.17) is 34.5 Å². The molecule has 0 unspecified atom stereocenters. The molecule has 3 heterocycles. The van der Waals surface area contributed by atoms with Gasteiger partial charge in [-0.15, -0.1) is 0 Å². The predicted octanol–water partition coefficient (Wildman–Crippen LogP) is 5.60. The molecule has 0 atom stereocenters. The smallest absolute Gasteiger partial charge is 0.227 e. The van der Waals surface area contributed by atoms with E-state index in [-0.39, 0.29) is 5.54 Å². The van der Waals surface area contributed by atoms with E-state index in [0.29, 0.717) is 22.4 Å². The molecule has 0 spiro atoms. The van der Waals surface area contributed by atoms with Gasteiger partial charge in [-0.05, 0) is 69.9 Å². The molecule has 2 aromatic heterocycles. The highest BCUT2D eigenvalue weighted by atomic mass is 35.5. The predicted molar refractivity (Wildman–Crippen MR) is 136 cm³/mol. The van der Waals surface area contributed by atoms with E-state index in [0.717, 1.165) is 58.7 Å². The van der Waals surface area contributed by atoms with Crippen LogP contribution in [0.1, 0.15) is 43.5 Å². The Labute approximate surface area is 199 Å². The van der Waals surface area contributed by atoms with Gasteiger partial charge in [0.05, 0.1) is 22.1 Å². The van der Waals surface area contributed by atoms with E-state index < -0.39 is 0 Å². The van der Waals surface area contributed by atoms with Crippen molar-refractivity contribution in [3.8, 4) is 11.3 Å². The van der Waals surface area contributed by atoms with Crippen molar-refractivity contribution in [3.63, 3.8) is 0 Å². The second-order valence-corrected chi connectivity index (χ2v) is 9.86. The van der Waals surface area contributed by atoms with E-state index in [1.807, 2.05) is 37.5 Å². The van der Waals surface area contributed by atoms with E-state index >= 15 is 0 Å². The molecule has 1 aliphatic heterocycles. The van der Waals surface area contributed by atoms with E-state index in [1.54, 1.807) is 0 Å². The van der Waals surface area contributed by atoms with Gasteiger partial charge in [0, 0.05) is 46.2 Å². The molecule has 1 aromatic carbocycles. The van der Waals surface area contributed by atoms with Crippen molar-refractivity contribution in [2.24, 2.45) is 5.73 Å². The summed E-state index contributed by atoms with van der Waals surface area (Å²) in [6.45, 7) is 6.08. The normalized spacial score (nSPS) is 13.1. The maximum Gasteiger partial charge on any atom is 0.227 e. The molecule has 0 fully saturated rings. The number of pyridine rings is 1. The number of rotatable bonds is 6. The fourth-order valence-corrected chi connectivity index (χ4v) is 4.17. The Morgan fingerprint density at radius 1 is 1.22 bits per heavy atom. The highest BCUT2D eigenvalue weighted by molar-refractivity contribution is 7.80. The maximum atomic E-state index is 6.19. The van der Waals surface area contributed by atoms with Crippen LogP contribution >= 0.6 is 23.8 Å². The first-order valence-corrected chi connectivity index (χ1v) is 11.4. The number of benzene rings is 1. The third-order valence-corrected chi connectivity index (χ3v) is 5.88. The van der Waals surface area contributed by atoms with Crippen LogP contribution in [0.3, 0.4) is 0 Å². The number of aromatic nitrogens is 3. The van der Waals surface area contributed by atoms with Crippen LogP contribution < -0.4 is 16.4 Å². The average molecular weight is 467 g/mol. The zero-order valence-corrected chi connectivity index (χ0v) is 20.1. The molecule has 4 N–H and O–H groups in total. The zero-order valence-electron chi connectivity index (χ0n) is 18.5. The van der Waals surface area contributed by atoms with Crippen molar-refractivity contribution in [1.29, 1.82) is 0 Å². The largest absolute Gasteiger partial charge is 0.349 e. The minimum absolute atomic E-state index is 0.160. The SMILES string of the molecule is Cc1ncc(CCCC(C)(C)N)cc1Nc1ncc2c(n1)-c1ccc(Cl)cc1NC(=S)C2. The number of thiocarbonyl (C=S) groups is 1. The van der Waals surface area contributed by atoms with Crippen molar-refractivity contribution in [1.82, 2.24) is 15.0 Å². The molecule has 0 bridgehead atoms. The summed E-state index contributed by atoms with van der Waals surface area (Å²) >= 11 is 11.7. The first-order chi connectivity index (χ1) is 15.2. The summed E-state index contributed by atoms with van der Waals surface area (Å²) in [6.07, 6.45) is 7.22. The lowest BCUT2D eigenvalue weighted by molar-refractivity contribution is 0.459. The van der Waals surface area contributed by atoms with Gasteiger partial charge in [0.2, 0.25) is 5.95 Å². The Kier molecular flexibility index (Phi) is 6.42. The molecule has 0 radical (unpaired) electrons. The molecule has 8 heteroatoms. The van der Waals surface area contributed by atoms with Crippen molar-refractivity contribution >= 4 is 46.1 Å². The van der Waals surface area contributed by atoms with Crippen LogP contribution in [0, 0.1) is 6.92 Å². The van der Waals surface area contributed by atoms with Crippen molar-refractivity contribution in [3.05, 3.63) is 58.5 Å². The quantitative estimate of drug-likeness (QED) is 0.407. The monoisotopic (exact) mass is 466 g/mol. The van der Waals surface area contributed by atoms with Crippen molar-refractivity contribution in [2.75, 3.05) is 10.6 Å². The number of hydrogen-bond acceptors (Lipinski definition) is 6. The van der Waals surface area contributed by atoms with E-state index in [9.17, 15) is 0 Å². The van der Waals surface area contributed by atoms with Crippen molar-refractivity contribution < 1.29 is 0 Å². The Morgan fingerprint density at radius 3 is 2.81 bits per heavy atom. The Bertz CT molecular complexity index is 1170. The molecular formula is C24H27ClN6S. The number of anilines is 3. The highest BCUT2D eigenvalue weighted by Gasteiger charge is 2.20. The molecule has 1 aliphatic rings. The number of aryl methyl sites for hydroxylation is 2. The minimum atomic E-state index is -0.160. The molecule has 0 saturated carbocycles. The van der Waals surface area contributed by atoms with Gasteiger partial charge in [0.1, 0.15) is 0 Å². The zero-order chi connectivity index (χ0) is 22.9. The molecule has 0 aliphatic carbocycles. The molecule has 6 nitrogen and oxygen atoms in total. The second-order valence-electron chi connectivity index (χ2n) is 8.93. The summed E-state index contributed by atoms with van der Waals surface area (Å²) in [5.41, 5.74) is 12.5. The molecule has 3 aromatic rings. The van der Waals surface area contributed by atoms with Gasteiger partial charge in [-0.25, -0.2) is 9.97 Å². The van der Waals surface area contributed by atoms with Crippen molar-refractivity contribution in [2.45, 2.75) is 52.0 Å². The standard InChI is InChI=1S/C24H27ClN6S/c1-14-19(9-15(12-27-14)5-4-8-24(2,3)26)30-23-28-13-16-10-21(32)29-20-11-17(25)6-7-18(20)22(16)31-23/h6-7,9,11-13H,4-5,8,10,26H2,1-3H3,(H,29,32)(H,28,30,31). The molecule has 32 heavy (non-hydrogen) atoms. The van der Waals surface area contributed by atoms with Crippen LogP contribution in [0.4, 0.5) is 17.3 Å². The van der Waals surface area contributed by atoms with E-state index in [2.05, 4.69) is 40.5 Å². The van der Waals surface area contributed by atoms with Gasteiger partial charge in [-0.1, -0.05) is 23.8 Å². The number of nitrogens with two attached hydrogens (primary N) is 1. The number of halogens is 1. The third-order valence-electron chi connectivity index (χ3n) is 5.40. The fourth-order valence-electron chi connectivity index (χ4n) is 3.73. The van der Waals surface area contributed by atoms with Gasteiger partial charge in [-0.3, -0.25) is 4.98 Å². The summed E-state index contributed by atoms with van der Waals surface area (Å²) in [4.78, 5) is 14.6. The lowest BCUT2D eigenvalue weighted by Crippen LogP contribution is -2.31. The van der Waals surface area contributed by atoms with E-state index in [1.165, 1.54) is 0 Å². The molecule has 4 rings (SSSR count). The number of fused-ring (bicyclic) bond motifs is 3. The first-order valence-electron chi connectivity index (χ1n) is 10.6. The molecule has 166 valence electrons. The lowest BCUT2D eigenvalue weighted by atomic mass is 9.97. The summed E-state index contributed by atoms with van der Waals surface area (Å²) in [7, 11) is 0.